The molecule has 5 rings (SSSR count). The molecule has 190 valence electrons. The van der Waals surface area contributed by atoms with Crippen LogP contribution in [0.1, 0.15) is 82.5 Å². The highest BCUT2D eigenvalue weighted by Gasteiger charge is 2.45. The molecule has 10 heteroatoms. The minimum Gasteiger partial charge on any atom is -0.391 e. The Morgan fingerprint density at radius 3 is 2.63 bits per heavy atom. The number of carbonyl (C=O) groups is 2. The summed E-state index contributed by atoms with van der Waals surface area (Å²) in [7, 11) is 0. The van der Waals surface area contributed by atoms with Crippen molar-refractivity contribution >= 4 is 11.8 Å². The summed E-state index contributed by atoms with van der Waals surface area (Å²) in [6.07, 6.45) is 11.1. The molecule has 2 saturated carbocycles. The molecule has 35 heavy (non-hydrogen) atoms. The second-order valence-electron chi connectivity index (χ2n) is 11.6. The van der Waals surface area contributed by atoms with Crippen LogP contribution in [0.15, 0.2) is 18.6 Å². The van der Waals surface area contributed by atoms with E-state index in [1.54, 1.807) is 10.9 Å². The second-order valence-corrected chi connectivity index (χ2v) is 11.6. The van der Waals surface area contributed by atoms with Crippen molar-refractivity contribution in [1.29, 1.82) is 0 Å². The Hall–Kier alpha value is -2.75. The van der Waals surface area contributed by atoms with E-state index in [0.29, 0.717) is 18.4 Å². The summed E-state index contributed by atoms with van der Waals surface area (Å²) in [5.74, 6) is 0.670. The molecule has 3 heterocycles. The molecule has 2 aliphatic carbocycles. The van der Waals surface area contributed by atoms with E-state index in [0.717, 1.165) is 30.6 Å². The lowest BCUT2D eigenvalue weighted by atomic mass is 9.85. The van der Waals surface area contributed by atoms with Gasteiger partial charge in [0, 0.05) is 49.9 Å². The Morgan fingerprint density at radius 1 is 1.20 bits per heavy atom. The molecule has 2 amide bonds. The molecule has 2 aromatic rings. The van der Waals surface area contributed by atoms with E-state index >= 15 is 0 Å². The number of β-amino-alcohol motifs (C(OH)–C–C–N with tert-alkyl or cyclic N) is 1. The van der Waals surface area contributed by atoms with Crippen molar-refractivity contribution in [2.75, 3.05) is 6.54 Å². The predicted molar refractivity (Wildman–Crippen MR) is 128 cm³/mol. The number of rotatable bonds is 8. The van der Waals surface area contributed by atoms with Gasteiger partial charge in [0.2, 0.25) is 11.8 Å². The summed E-state index contributed by atoms with van der Waals surface area (Å²) < 4.78 is 3.59. The van der Waals surface area contributed by atoms with Gasteiger partial charge in [-0.15, -0.1) is 5.10 Å². The maximum Gasteiger partial charge on any atom is 0.248 e. The number of carbonyl (C=O) groups excluding carboxylic acids is 2. The van der Waals surface area contributed by atoms with Crippen LogP contribution in [0.4, 0.5) is 0 Å². The fourth-order valence-corrected chi connectivity index (χ4v) is 5.17. The van der Waals surface area contributed by atoms with Crippen molar-refractivity contribution in [3.63, 3.8) is 0 Å². The molecule has 2 N–H and O–H groups in total. The normalized spacial score (nSPS) is 23.8. The third kappa shape index (κ3) is 5.27. The first kappa shape index (κ1) is 24.0. The first-order chi connectivity index (χ1) is 16.7. The Bertz CT molecular complexity index is 1060. The van der Waals surface area contributed by atoms with Gasteiger partial charge in [0.1, 0.15) is 12.1 Å². The largest absolute Gasteiger partial charge is 0.391 e. The van der Waals surface area contributed by atoms with Gasteiger partial charge in [0.15, 0.2) is 0 Å². The minimum absolute atomic E-state index is 0.132. The maximum atomic E-state index is 13.8. The minimum atomic E-state index is -0.738. The van der Waals surface area contributed by atoms with Crippen molar-refractivity contribution in [2.24, 2.45) is 11.3 Å². The van der Waals surface area contributed by atoms with Gasteiger partial charge >= 0.3 is 0 Å². The Balaban J connectivity index is 1.26. The number of nitrogens with one attached hydrogen (secondary N) is 1. The zero-order valence-electron chi connectivity index (χ0n) is 20.9. The number of aliphatic hydroxyl groups excluding tert-OH is 1. The van der Waals surface area contributed by atoms with Crippen LogP contribution in [-0.4, -0.2) is 65.3 Å². The number of hydrogen-bond acceptors (Lipinski definition) is 6. The van der Waals surface area contributed by atoms with Crippen LogP contribution < -0.4 is 5.32 Å². The van der Waals surface area contributed by atoms with Crippen LogP contribution in [0.5, 0.6) is 0 Å². The summed E-state index contributed by atoms with van der Waals surface area (Å²) in [6, 6.07) is -1.34. The number of amides is 2. The monoisotopic (exact) mass is 483 g/mol. The van der Waals surface area contributed by atoms with E-state index in [1.807, 2.05) is 37.8 Å². The fourth-order valence-electron chi connectivity index (χ4n) is 5.17. The van der Waals surface area contributed by atoms with Crippen molar-refractivity contribution in [3.8, 4) is 0 Å². The smallest absolute Gasteiger partial charge is 0.248 e. The average Bonchev–Trinajstić information content (AvgIpc) is 3.16. The molecule has 0 radical (unpaired) electrons. The van der Waals surface area contributed by atoms with E-state index < -0.39 is 23.6 Å². The molecule has 1 saturated heterocycles. The quantitative estimate of drug-likeness (QED) is 0.593. The lowest BCUT2D eigenvalue weighted by molar-refractivity contribution is -0.144. The molecule has 3 atom stereocenters. The first-order valence-corrected chi connectivity index (χ1v) is 12.9. The van der Waals surface area contributed by atoms with Crippen molar-refractivity contribution < 1.29 is 14.7 Å². The van der Waals surface area contributed by atoms with Crippen LogP contribution >= 0.6 is 0 Å². The van der Waals surface area contributed by atoms with Crippen molar-refractivity contribution in [3.05, 3.63) is 29.8 Å². The molecule has 1 aliphatic heterocycles. The zero-order chi connectivity index (χ0) is 24.7. The molecular formula is C25H37N7O3. The van der Waals surface area contributed by atoms with Gasteiger partial charge in [-0.25, -0.2) is 4.68 Å². The maximum absolute atomic E-state index is 13.8. The van der Waals surface area contributed by atoms with Crippen molar-refractivity contribution in [2.45, 2.75) is 96.5 Å². The highest BCUT2D eigenvalue weighted by molar-refractivity contribution is 5.90. The third-order valence-electron chi connectivity index (χ3n) is 7.53. The molecule has 2 unspecified atom stereocenters. The van der Waals surface area contributed by atoms with Crippen LogP contribution in [0.25, 0.3) is 0 Å². The van der Waals surface area contributed by atoms with Crippen molar-refractivity contribution in [1.82, 2.24) is 35.0 Å². The number of aliphatic hydroxyl groups is 1. The Labute approximate surface area is 206 Å². The van der Waals surface area contributed by atoms with Crippen LogP contribution in [0.2, 0.25) is 0 Å². The average molecular weight is 484 g/mol. The van der Waals surface area contributed by atoms with Gasteiger partial charge in [-0.05, 0) is 37.0 Å². The standard InChI is InChI=1S/C25H37N7O3/c1-25(2,3)22(32-15-20(28-29-32)18-7-8-18)24(35)31-14-19(33)9-21(31)23(34)26-10-17-11-27-30(13-17)12-16-5-4-6-16/h11,13,15-16,18-19,21-22,33H,4-10,12,14H2,1-3H3,(H,26,34)/t19?,21?,22-/m1/s1. The third-order valence-corrected chi connectivity index (χ3v) is 7.53. The summed E-state index contributed by atoms with van der Waals surface area (Å²) in [5.41, 5.74) is 1.40. The highest BCUT2D eigenvalue weighted by Crippen LogP contribution is 2.40. The van der Waals surface area contributed by atoms with Gasteiger partial charge in [0.05, 0.1) is 18.0 Å². The van der Waals surface area contributed by atoms with E-state index in [9.17, 15) is 14.7 Å². The molecule has 3 aliphatic rings. The van der Waals surface area contributed by atoms with Gasteiger partial charge in [-0.3, -0.25) is 14.3 Å². The van der Waals surface area contributed by atoms with E-state index in [2.05, 4.69) is 20.7 Å². The topological polar surface area (TPSA) is 118 Å². The molecule has 0 spiro atoms. The van der Waals surface area contributed by atoms with E-state index in [4.69, 9.17) is 0 Å². The lowest BCUT2D eigenvalue weighted by Crippen LogP contribution is -2.50. The van der Waals surface area contributed by atoms with Crippen LogP contribution in [0, 0.1) is 11.3 Å². The van der Waals surface area contributed by atoms with Gasteiger partial charge in [0.25, 0.3) is 0 Å². The summed E-state index contributed by atoms with van der Waals surface area (Å²) in [5, 5.41) is 26.3. The Morgan fingerprint density at radius 2 is 1.97 bits per heavy atom. The first-order valence-electron chi connectivity index (χ1n) is 12.9. The molecule has 0 bridgehead atoms. The van der Waals surface area contributed by atoms with Gasteiger partial charge < -0.3 is 15.3 Å². The van der Waals surface area contributed by atoms with Crippen LogP contribution in [0.3, 0.4) is 0 Å². The van der Waals surface area contributed by atoms with E-state index in [-0.39, 0.29) is 24.8 Å². The SMILES string of the molecule is CC(C)(C)[C@@H](C(=O)N1CC(O)CC1C(=O)NCc1cnn(CC2CCC2)c1)n1cc(C2CC2)nn1. The summed E-state index contributed by atoms with van der Waals surface area (Å²) in [6.45, 7) is 7.34. The Kier molecular flexibility index (Phi) is 6.41. The summed E-state index contributed by atoms with van der Waals surface area (Å²) in [4.78, 5) is 28.5. The molecule has 0 aromatic carbocycles. The van der Waals surface area contributed by atoms with E-state index in [1.165, 1.54) is 24.2 Å². The molecule has 3 fully saturated rings. The number of likely N-dealkylation sites (tertiary alicyclic amines) is 1. The number of hydrogen-bond donors (Lipinski definition) is 2. The fraction of sp³-hybridized carbons (Fsp3) is 0.720. The molecular weight excluding hydrogens is 446 g/mol. The summed E-state index contributed by atoms with van der Waals surface area (Å²) >= 11 is 0. The number of nitrogens with zero attached hydrogens (tertiary/aromatic N) is 6. The molecule has 2 aromatic heterocycles. The highest BCUT2D eigenvalue weighted by atomic mass is 16.3. The number of aromatic nitrogens is 5. The van der Waals surface area contributed by atoms with Gasteiger partial charge in [-0.1, -0.05) is 32.4 Å². The second kappa shape index (κ2) is 9.37. The zero-order valence-corrected chi connectivity index (χ0v) is 20.9. The predicted octanol–water partition coefficient (Wildman–Crippen LogP) is 2.02. The van der Waals surface area contributed by atoms with Crippen LogP contribution in [-0.2, 0) is 22.7 Å². The molecule has 10 nitrogen and oxygen atoms in total. The van der Waals surface area contributed by atoms with Gasteiger partial charge in [-0.2, -0.15) is 5.10 Å². The lowest BCUT2D eigenvalue weighted by Gasteiger charge is -2.34.